The predicted molar refractivity (Wildman–Crippen MR) is 64.2 cm³/mol. The minimum atomic E-state index is 0.0717. The summed E-state index contributed by atoms with van der Waals surface area (Å²) in [5.74, 6) is 0. The fourth-order valence-corrected chi connectivity index (χ4v) is 2.14. The number of aromatic nitrogens is 1. The highest BCUT2D eigenvalue weighted by atomic mass is 32.2. The Labute approximate surface area is 98.9 Å². The van der Waals surface area contributed by atoms with Crippen LogP contribution in [0.4, 0.5) is 0 Å². The minimum absolute atomic E-state index is 0.0717. The third-order valence-electron chi connectivity index (χ3n) is 2.21. The fourth-order valence-electron chi connectivity index (χ4n) is 1.34. The number of hydrogen-bond donors (Lipinski definition) is 0. The smallest absolute Gasteiger partial charge is 0.247 e. The first-order chi connectivity index (χ1) is 7.77. The molecule has 16 heavy (non-hydrogen) atoms. The first-order valence-electron chi connectivity index (χ1n) is 4.99. The lowest BCUT2D eigenvalue weighted by molar-refractivity contribution is -0.708. The second-order valence-electron chi connectivity index (χ2n) is 3.41. The van der Waals surface area contributed by atoms with Gasteiger partial charge >= 0.3 is 0 Å². The first-order valence-corrected chi connectivity index (χ1v) is 5.81. The number of carbonyl (C=O) groups excluding carboxylic acids is 1. The van der Waals surface area contributed by atoms with Crippen LogP contribution in [-0.4, -0.2) is 5.12 Å². The molecular formula is C13H12NOS+. The lowest BCUT2D eigenvalue weighted by Gasteiger charge is -1.98. The maximum Gasteiger partial charge on any atom is 0.247 e. The van der Waals surface area contributed by atoms with Gasteiger partial charge in [0.25, 0.3) is 0 Å². The third-order valence-corrected chi connectivity index (χ3v) is 3.27. The van der Waals surface area contributed by atoms with Gasteiger partial charge < -0.3 is 0 Å². The van der Waals surface area contributed by atoms with Crippen LogP contribution in [0.3, 0.4) is 0 Å². The van der Waals surface area contributed by atoms with Crippen molar-refractivity contribution in [2.75, 3.05) is 0 Å². The van der Waals surface area contributed by atoms with Gasteiger partial charge in [0.1, 0.15) is 7.05 Å². The van der Waals surface area contributed by atoms with Crippen molar-refractivity contribution in [3.63, 3.8) is 0 Å². The van der Waals surface area contributed by atoms with E-state index in [0.29, 0.717) is 0 Å². The highest BCUT2D eigenvalue weighted by molar-refractivity contribution is 8.14. The van der Waals surface area contributed by atoms with Crippen LogP contribution >= 0.6 is 11.8 Å². The van der Waals surface area contributed by atoms with E-state index in [1.54, 1.807) is 0 Å². The summed E-state index contributed by atoms with van der Waals surface area (Å²) in [7, 11) is 1.93. The Bertz CT molecular complexity index is 496. The Kier molecular flexibility index (Phi) is 3.37. The molecule has 2 nitrogen and oxygen atoms in total. The number of rotatable bonds is 2. The van der Waals surface area contributed by atoms with E-state index >= 15 is 0 Å². The van der Waals surface area contributed by atoms with Gasteiger partial charge in [-0.05, 0) is 6.07 Å². The van der Waals surface area contributed by atoms with Crippen molar-refractivity contribution < 1.29 is 9.36 Å². The Morgan fingerprint density at radius 3 is 2.44 bits per heavy atom. The van der Waals surface area contributed by atoms with E-state index in [9.17, 15) is 4.79 Å². The van der Waals surface area contributed by atoms with Crippen LogP contribution in [0.25, 0.3) is 0 Å². The molecule has 0 bridgehead atoms. The van der Waals surface area contributed by atoms with Gasteiger partial charge in [-0.15, -0.1) is 0 Å². The molecule has 1 aromatic heterocycles. The molecular weight excluding hydrogens is 218 g/mol. The standard InChI is InChI=1S/C13H12NOS/c1-14-10-6-5-9-12(14)16-13(15)11-7-3-2-4-8-11/h2-10H,1H3/q+1. The molecule has 0 saturated carbocycles. The SMILES string of the molecule is C[n+]1ccccc1SC(=O)c1ccccc1. The molecule has 0 unspecified atom stereocenters. The topological polar surface area (TPSA) is 20.9 Å². The van der Waals surface area contributed by atoms with Gasteiger partial charge in [0.2, 0.25) is 10.1 Å². The Morgan fingerprint density at radius 1 is 1.06 bits per heavy atom. The van der Waals surface area contributed by atoms with E-state index in [-0.39, 0.29) is 5.12 Å². The van der Waals surface area contributed by atoms with Crippen molar-refractivity contribution in [3.05, 3.63) is 60.3 Å². The summed E-state index contributed by atoms with van der Waals surface area (Å²) in [5.41, 5.74) is 0.733. The van der Waals surface area contributed by atoms with Crippen LogP contribution < -0.4 is 4.57 Å². The van der Waals surface area contributed by atoms with E-state index in [4.69, 9.17) is 0 Å². The molecule has 2 aromatic rings. The molecule has 3 heteroatoms. The van der Waals surface area contributed by atoms with Gasteiger partial charge in [0.05, 0.1) is 0 Å². The summed E-state index contributed by atoms with van der Waals surface area (Å²) < 4.78 is 1.94. The van der Waals surface area contributed by atoms with Crippen molar-refractivity contribution >= 4 is 16.9 Å². The summed E-state index contributed by atoms with van der Waals surface area (Å²) >= 11 is 1.25. The molecule has 0 atom stereocenters. The molecule has 80 valence electrons. The van der Waals surface area contributed by atoms with Gasteiger partial charge in [-0.3, -0.25) is 4.79 Å². The van der Waals surface area contributed by atoms with Gasteiger partial charge in [0.15, 0.2) is 6.20 Å². The van der Waals surface area contributed by atoms with E-state index in [0.717, 1.165) is 10.6 Å². The van der Waals surface area contributed by atoms with Crippen molar-refractivity contribution in [3.8, 4) is 0 Å². The molecule has 0 radical (unpaired) electrons. The number of nitrogens with zero attached hydrogens (tertiary/aromatic N) is 1. The zero-order chi connectivity index (χ0) is 11.4. The summed E-state index contributed by atoms with van der Waals surface area (Å²) in [5, 5.41) is 1.01. The molecule has 0 amide bonds. The minimum Gasteiger partial charge on any atom is -0.281 e. The number of pyridine rings is 1. The van der Waals surface area contributed by atoms with E-state index in [1.165, 1.54) is 11.8 Å². The molecule has 0 aliphatic carbocycles. The summed E-state index contributed by atoms with van der Waals surface area (Å²) in [6.45, 7) is 0. The molecule has 0 aliphatic heterocycles. The number of hydrogen-bond acceptors (Lipinski definition) is 2. The molecule has 1 heterocycles. The Balaban J connectivity index is 2.18. The van der Waals surface area contributed by atoms with Crippen molar-refractivity contribution in [1.29, 1.82) is 0 Å². The van der Waals surface area contributed by atoms with Gasteiger partial charge in [-0.2, -0.15) is 4.57 Å². The number of aryl methyl sites for hydroxylation is 1. The number of carbonyl (C=O) groups is 1. The van der Waals surface area contributed by atoms with Crippen LogP contribution in [0.5, 0.6) is 0 Å². The van der Waals surface area contributed by atoms with Crippen LogP contribution in [-0.2, 0) is 7.05 Å². The second-order valence-corrected chi connectivity index (χ2v) is 4.40. The summed E-state index contributed by atoms with van der Waals surface area (Å²) in [6, 6.07) is 15.1. The highest BCUT2D eigenvalue weighted by Crippen LogP contribution is 2.18. The fraction of sp³-hybridized carbons (Fsp3) is 0.0769. The molecule has 0 aliphatic rings. The molecule has 2 rings (SSSR count). The third kappa shape index (κ3) is 2.49. The van der Waals surface area contributed by atoms with Crippen LogP contribution in [0.1, 0.15) is 10.4 Å². The lowest BCUT2D eigenvalue weighted by Crippen LogP contribution is -2.30. The molecule has 1 aromatic carbocycles. The molecule has 0 N–H and O–H groups in total. The van der Waals surface area contributed by atoms with Crippen LogP contribution in [0.2, 0.25) is 0 Å². The predicted octanol–water partition coefficient (Wildman–Crippen LogP) is 2.44. The largest absolute Gasteiger partial charge is 0.281 e. The normalized spacial score (nSPS) is 10.1. The molecule has 0 saturated heterocycles. The molecule has 0 fully saturated rings. The maximum absolute atomic E-state index is 11.9. The van der Waals surface area contributed by atoms with Crippen molar-refractivity contribution in [1.82, 2.24) is 0 Å². The highest BCUT2D eigenvalue weighted by Gasteiger charge is 2.13. The monoisotopic (exact) mass is 230 g/mol. The zero-order valence-electron chi connectivity index (χ0n) is 8.96. The Morgan fingerprint density at radius 2 is 1.75 bits per heavy atom. The number of thioether (sulfide) groups is 1. The van der Waals surface area contributed by atoms with Gasteiger partial charge in [-0.25, -0.2) is 0 Å². The van der Waals surface area contributed by atoms with Crippen LogP contribution in [0, 0.1) is 0 Å². The molecule has 0 spiro atoms. The first kappa shape index (κ1) is 10.9. The number of benzene rings is 1. The van der Waals surface area contributed by atoms with Crippen molar-refractivity contribution in [2.45, 2.75) is 5.03 Å². The van der Waals surface area contributed by atoms with E-state index in [2.05, 4.69) is 0 Å². The van der Waals surface area contributed by atoms with Crippen LogP contribution in [0.15, 0.2) is 59.8 Å². The van der Waals surface area contributed by atoms with Gasteiger partial charge in [-0.1, -0.05) is 30.3 Å². The lowest BCUT2D eigenvalue weighted by atomic mass is 10.2. The summed E-state index contributed by atoms with van der Waals surface area (Å²) in [6.07, 6.45) is 1.93. The van der Waals surface area contributed by atoms with E-state index < -0.39 is 0 Å². The van der Waals surface area contributed by atoms with Crippen molar-refractivity contribution in [2.24, 2.45) is 7.05 Å². The van der Waals surface area contributed by atoms with E-state index in [1.807, 2.05) is 66.3 Å². The average molecular weight is 230 g/mol. The summed E-state index contributed by atoms with van der Waals surface area (Å²) in [4.78, 5) is 11.9. The average Bonchev–Trinajstić information content (AvgIpc) is 2.33. The quantitative estimate of drug-likeness (QED) is 0.583. The van der Waals surface area contributed by atoms with Gasteiger partial charge in [0, 0.05) is 29.5 Å². The second kappa shape index (κ2) is 4.94. The Hall–Kier alpha value is -1.61. The zero-order valence-corrected chi connectivity index (χ0v) is 9.78. The maximum atomic E-state index is 11.9.